The van der Waals surface area contributed by atoms with E-state index in [0.717, 1.165) is 53.9 Å². The van der Waals surface area contributed by atoms with Crippen molar-refractivity contribution < 1.29 is 22.3 Å². The highest BCUT2D eigenvalue weighted by Gasteiger charge is 2.40. The molecule has 0 aromatic heterocycles. The van der Waals surface area contributed by atoms with Crippen LogP contribution in [0.1, 0.15) is 24.8 Å². The Morgan fingerprint density at radius 1 is 1.21 bits per heavy atom. The van der Waals surface area contributed by atoms with Gasteiger partial charge in [-0.1, -0.05) is 30.3 Å². The molecule has 0 spiro atoms. The van der Waals surface area contributed by atoms with Crippen LogP contribution in [0.2, 0.25) is 0 Å². The average Bonchev–Trinajstić information content (AvgIpc) is 3.28. The van der Waals surface area contributed by atoms with E-state index in [-0.39, 0.29) is 15.8 Å². The van der Waals surface area contributed by atoms with Crippen LogP contribution in [0.3, 0.4) is 0 Å². The first-order valence-corrected chi connectivity index (χ1v) is 13.5. The van der Waals surface area contributed by atoms with Crippen molar-refractivity contribution in [3.8, 4) is 11.8 Å². The van der Waals surface area contributed by atoms with Crippen molar-refractivity contribution in [2.24, 2.45) is 0 Å². The molecule has 2 aliphatic rings. The van der Waals surface area contributed by atoms with Crippen molar-refractivity contribution in [3.63, 3.8) is 0 Å². The van der Waals surface area contributed by atoms with Crippen LogP contribution in [-0.4, -0.2) is 29.9 Å². The van der Waals surface area contributed by atoms with E-state index in [1.165, 1.54) is 18.2 Å². The molecule has 0 radical (unpaired) electrons. The van der Waals surface area contributed by atoms with Crippen molar-refractivity contribution in [1.82, 2.24) is 0 Å². The van der Waals surface area contributed by atoms with E-state index in [9.17, 15) is 22.8 Å². The zero-order chi connectivity index (χ0) is 24.3. The van der Waals surface area contributed by atoms with Crippen LogP contribution < -0.4 is 9.64 Å². The third kappa shape index (κ3) is 5.31. The highest BCUT2D eigenvalue weighted by molar-refractivity contribution is 8.07. The number of benzene rings is 2. The molecule has 2 aromatic rings. The fourth-order valence-corrected chi connectivity index (χ4v) is 8.01. The number of nitriles is 1. The topological polar surface area (TPSA) is 36.3 Å². The molecule has 3 nitrogen and oxygen atoms in total. The minimum Gasteiger partial charge on any atom is -0.495 e. The Morgan fingerprint density at radius 3 is 2.68 bits per heavy atom. The van der Waals surface area contributed by atoms with Gasteiger partial charge in [0, 0.05) is 15.9 Å². The molecule has 2 unspecified atom stereocenters. The second-order valence-corrected chi connectivity index (χ2v) is 11.2. The molecule has 0 amide bonds. The van der Waals surface area contributed by atoms with E-state index in [1.54, 1.807) is 7.11 Å². The molecule has 34 heavy (non-hydrogen) atoms. The van der Waals surface area contributed by atoms with Gasteiger partial charge in [-0.3, -0.25) is 0 Å². The van der Waals surface area contributed by atoms with E-state index in [0.29, 0.717) is 22.1 Å². The highest BCUT2D eigenvalue weighted by atomic mass is 32.2. The number of nitrogens with zero attached hydrogens (tertiary/aromatic N) is 2. The Bertz CT molecular complexity index is 1110. The van der Waals surface area contributed by atoms with Crippen LogP contribution in [0.15, 0.2) is 57.3 Å². The van der Waals surface area contributed by atoms with Crippen molar-refractivity contribution in [2.75, 3.05) is 23.5 Å². The first-order valence-electron chi connectivity index (χ1n) is 10.7. The Balaban J connectivity index is 1.78. The van der Waals surface area contributed by atoms with Crippen LogP contribution in [-0.2, 0) is 6.18 Å². The van der Waals surface area contributed by atoms with E-state index in [1.807, 2.05) is 36.0 Å². The van der Waals surface area contributed by atoms with Crippen molar-refractivity contribution >= 4 is 41.0 Å². The Kier molecular flexibility index (Phi) is 7.95. The summed E-state index contributed by atoms with van der Waals surface area (Å²) in [6.07, 6.45) is -1.25. The van der Waals surface area contributed by atoms with Gasteiger partial charge in [0.1, 0.15) is 27.6 Å². The van der Waals surface area contributed by atoms with Crippen molar-refractivity contribution in [2.45, 2.75) is 41.6 Å². The lowest BCUT2D eigenvalue weighted by Crippen LogP contribution is -2.40. The first-order chi connectivity index (χ1) is 16.3. The maximum atomic E-state index is 14.5. The minimum atomic E-state index is -4.60. The van der Waals surface area contributed by atoms with E-state index < -0.39 is 17.6 Å². The molecule has 2 saturated heterocycles. The smallest absolute Gasteiger partial charge is 0.416 e. The number of hydrogen-bond acceptors (Lipinski definition) is 6. The Hall–Kier alpha value is -1.96. The molecule has 0 bridgehead atoms. The summed E-state index contributed by atoms with van der Waals surface area (Å²) in [7, 11) is 1.58. The normalized spacial score (nSPS) is 22.4. The molecule has 2 aromatic carbocycles. The molecular weight excluding hydrogens is 504 g/mol. The Labute approximate surface area is 208 Å². The lowest BCUT2D eigenvalue weighted by Gasteiger charge is -2.35. The van der Waals surface area contributed by atoms with Crippen LogP contribution >= 0.6 is 35.3 Å². The summed E-state index contributed by atoms with van der Waals surface area (Å²) in [5.74, 6) is 1.64. The predicted molar refractivity (Wildman–Crippen MR) is 132 cm³/mol. The molecule has 10 heteroatoms. The van der Waals surface area contributed by atoms with Crippen LogP contribution in [0.4, 0.5) is 23.2 Å². The first kappa shape index (κ1) is 25.1. The third-order valence-corrected chi connectivity index (χ3v) is 9.53. The summed E-state index contributed by atoms with van der Waals surface area (Å²) in [4.78, 5) is 2.01. The molecule has 2 atom stereocenters. The van der Waals surface area contributed by atoms with Gasteiger partial charge >= 0.3 is 6.18 Å². The zero-order valence-corrected chi connectivity index (χ0v) is 20.7. The molecule has 0 saturated carbocycles. The van der Waals surface area contributed by atoms with Crippen molar-refractivity contribution in [3.05, 3.63) is 63.8 Å². The Morgan fingerprint density at radius 2 is 2.00 bits per heavy atom. The molecule has 2 heterocycles. The van der Waals surface area contributed by atoms with Gasteiger partial charge in [-0.2, -0.15) is 30.2 Å². The largest absolute Gasteiger partial charge is 0.495 e. The summed E-state index contributed by atoms with van der Waals surface area (Å²) in [5, 5.41) is 11.0. The van der Waals surface area contributed by atoms with Gasteiger partial charge in [0.2, 0.25) is 0 Å². The number of hydrogen-bond donors (Lipinski definition) is 0. The SMILES string of the molecule is COc1ccccc1N1/C(=C(\C#N)Sc2cc(C(F)(F)F)ccc2F)SCC1C1CCCCS1. The van der Waals surface area contributed by atoms with Gasteiger partial charge < -0.3 is 9.64 Å². The highest BCUT2D eigenvalue weighted by Crippen LogP contribution is 2.49. The average molecular weight is 527 g/mol. The van der Waals surface area contributed by atoms with Gasteiger partial charge in [-0.05, 0) is 48.9 Å². The predicted octanol–water partition coefficient (Wildman–Crippen LogP) is 7.55. The number of ether oxygens (including phenoxy) is 1. The van der Waals surface area contributed by atoms with Gasteiger partial charge in [-0.15, -0.1) is 11.8 Å². The van der Waals surface area contributed by atoms with Gasteiger partial charge in [0.25, 0.3) is 0 Å². The minimum absolute atomic E-state index is 0.0805. The molecule has 0 aliphatic carbocycles. The zero-order valence-electron chi connectivity index (χ0n) is 18.3. The summed E-state index contributed by atoms with van der Waals surface area (Å²) < 4.78 is 59.7. The molecular formula is C24H22F4N2OS3. The number of anilines is 1. The fraction of sp³-hybridized carbons (Fsp3) is 0.375. The fourth-order valence-electron chi connectivity index (χ4n) is 4.08. The quantitative estimate of drug-likeness (QED) is 0.228. The number of rotatable bonds is 5. The maximum absolute atomic E-state index is 14.5. The molecule has 2 fully saturated rings. The summed E-state index contributed by atoms with van der Waals surface area (Å²) in [6.45, 7) is 0. The number of thioether (sulfide) groups is 3. The van der Waals surface area contributed by atoms with E-state index >= 15 is 0 Å². The molecule has 2 aliphatic heterocycles. The van der Waals surface area contributed by atoms with E-state index in [2.05, 4.69) is 11.0 Å². The van der Waals surface area contributed by atoms with E-state index in [4.69, 9.17) is 4.74 Å². The van der Waals surface area contributed by atoms with Gasteiger partial charge in [-0.25, -0.2) is 4.39 Å². The van der Waals surface area contributed by atoms with Gasteiger partial charge in [0.05, 0.1) is 24.4 Å². The summed E-state index contributed by atoms with van der Waals surface area (Å²) >= 11 is 4.13. The second kappa shape index (κ2) is 10.8. The standard InChI is InChI=1S/C24H22F4N2OS3/c1-31-19-7-3-2-6-17(19)30-18(20-8-4-5-11-32-20)14-33-23(30)22(13-29)34-21-12-15(24(26,27)28)9-10-16(21)25/h2-3,6-7,9-10,12,18,20H,4-5,8,11,14H2,1H3/b23-22-. The summed E-state index contributed by atoms with van der Waals surface area (Å²) in [5.41, 5.74) is -0.158. The monoisotopic (exact) mass is 526 g/mol. The molecule has 4 rings (SSSR count). The molecule has 0 N–H and O–H groups in total. The number of halogens is 4. The van der Waals surface area contributed by atoms with Gasteiger partial charge in [0.15, 0.2) is 0 Å². The second-order valence-electron chi connectivity index (χ2n) is 7.82. The number of methoxy groups -OCH3 is 1. The lowest BCUT2D eigenvalue weighted by molar-refractivity contribution is -0.137. The van der Waals surface area contributed by atoms with Crippen LogP contribution in [0.25, 0.3) is 0 Å². The van der Waals surface area contributed by atoms with Crippen LogP contribution in [0.5, 0.6) is 5.75 Å². The third-order valence-electron chi connectivity index (χ3n) is 5.70. The maximum Gasteiger partial charge on any atom is 0.416 e. The molecule has 180 valence electrons. The number of allylic oxidation sites excluding steroid dienone is 1. The van der Waals surface area contributed by atoms with Crippen molar-refractivity contribution in [1.29, 1.82) is 5.26 Å². The lowest BCUT2D eigenvalue weighted by atomic mass is 10.1. The van der Waals surface area contributed by atoms with Crippen LogP contribution in [0, 0.1) is 17.1 Å². The number of alkyl halides is 3. The number of para-hydroxylation sites is 2. The summed E-state index contributed by atoms with van der Waals surface area (Å²) in [6, 6.07) is 12.0.